The Balaban J connectivity index is 0.00000300. The second-order valence-electron chi connectivity index (χ2n) is 7.44. The Hall–Kier alpha value is -0.430. The number of guanidine groups is 1. The van der Waals surface area contributed by atoms with Crippen LogP contribution in [0.25, 0.3) is 0 Å². The molecule has 3 rings (SSSR count). The number of sulfonamides is 1. The quantitative estimate of drug-likeness (QED) is 0.308. The van der Waals surface area contributed by atoms with Gasteiger partial charge in [-0.2, -0.15) is 4.31 Å². The second-order valence-corrected chi connectivity index (χ2v) is 10.8. The van der Waals surface area contributed by atoms with E-state index in [1.54, 1.807) is 17.4 Å². The van der Waals surface area contributed by atoms with Gasteiger partial charge >= 0.3 is 0 Å². The lowest BCUT2D eigenvalue weighted by molar-refractivity contribution is 0.232. The summed E-state index contributed by atoms with van der Waals surface area (Å²) in [6.07, 6.45) is 6.98. The van der Waals surface area contributed by atoms with Gasteiger partial charge in [0.1, 0.15) is 4.21 Å². The Bertz CT molecular complexity index is 742. The zero-order valence-corrected chi connectivity index (χ0v) is 21.2. The Labute approximate surface area is 196 Å². The Morgan fingerprint density at radius 2 is 1.69 bits per heavy atom. The highest BCUT2D eigenvalue weighted by atomic mass is 127. The van der Waals surface area contributed by atoms with Crippen molar-refractivity contribution >= 4 is 51.3 Å². The summed E-state index contributed by atoms with van der Waals surface area (Å²) in [5, 5.41) is 6.64. The number of hydrogen-bond acceptors (Lipinski definition) is 5. The maximum Gasteiger partial charge on any atom is 0.252 e. The van der Waals surface area contributed by atoms with Crippen LogP contribution in [0.15, 0.2) is 21.3 Å². The standard InChI is InChI=1S/C19H33N5O2S2.HI/c1-20-19(21-10-15-23-11-4-2-5-12-23)22-16-17-8-9-18(27-17)28(25,26)24-13-6-3-7-14-24;/h8-9H,2-7,10-16H2,1H3,(H2,20,21,22);1H. The zero-order chi connectivity index (χ0) is 19.8. The largest absolute Gasteiger partial charge is 0.355 e. The van der Waals surface area contributed by atoms with Gasteiger partial charge in [-0.3, -0.25) is 4.99 Å². The molecule has 0 aliphatic carbocycles. The summed E-state index contributed by atoms with van der Waals surface area (Å²) < 4.78 is 27.6. The molecule has 1 aromatic rings. The van der Waals surface area contributed by atoms with E-state index in [-0.39, 0.29) is 24.0 Å². The summed E-state index contributed by atoms with van der Waals surface area (Å²) in [6, 6.07) is 3.63. The van der Waals surface area contributed by atoms with Crippen molar-refractivity contribution in [3.05, 3.63) is 17.0 Å². The molecule has 2 aliphatic rings. The molecule has 10 heteroatoms. The molecule has 2 saturated heterocycles. The number of thiophene rings is 1. The fraction of sp³-hybridized carbons (Fsp3) is 0.737. The third-order valence-corrected chi connectivity index (χ3v) is 8.82. The molecule has 29 heavy (non-hydrogen) atoms. The summed E-state index contributed by atoms with van der Waals surface area (Å²) in [5.41, 5.74) is 0. The molecule has 0 radical (unpaired) electrons. The smallest absolute Gasteiger partial charge is 0.252 e. The molecule has 0 saturated carbocycles. The van der Waals surface area contributed by atoms with Gasteiger partial charge in [0.15, 0.2) is 5.96 Å². The topological polar surface area (TPSA) is 77.0 Å². The number of nitrogens with zero attached hydrogens (tertiary/aromatic N) is 3. The maximum atomic E-state index is 12.8. The van der Waals surface area contributed by atoms with Crippen molar-refractivity contribution in [3.63, 3.8) is 0 Å². The van der Waals surface area contributed by atoms with E-state index >= 15 is 0 Å². The average Bonchev–Trinajstić information content (AvgIpc) is 3.22. The van der Waals surface area contributed by atoms with Crippen LogP contribution < -0.4 is 10.6 Å². The van der Waals surface area contributed by atoms with Crippen LogP contribution in [0.2, 0.25) is 0 Å². The number of hydrogen-bond donors (Lipinski definition) is 2. The molecule has 0 amide bonds. The molecule has 2 aliphatic heterocycles. The van der Waals surface area contributed by atoms with Gasteiger partial charge in [0.2, 0.25) is 0 Å². The van der Waals surface area contributed by atoms with E-state index in [1.165, 1.54) is 43.7 Å². The van der Waals surface area contributed by atoms with E-state index in [4.69, 9.17) is 0 Å². The monoisotopic (exact) mass is 555 g/mol. The third kappa shape index (κ3) is 7.34. The summed E-state index contributed by atoms with van der Waals surface area (Å²) in [7, 11) is -1.58. The van der Waals surface area contributed by atoms with Gasteiger partial charge in [0, 0.05) is 38.1 Å². The lowest BCUT2D eigenvalue weighted by Gasteiger charge is -2.26. The van der Waals surface area contributed by atoms with Crippen molar-refractivity contribution < 1.29 is 8.42 Å². The van der Waals surface area contributed by atoms with E-state index in [0.29, 0.717) is 23.8 Å². The SMILES string of the molecule is CN=C(NCCN1CCCCC1)NCc1ccc(S(=O)(=O)N2CCCCC2)s1.I. The van der Waals surface area contributed by atoms with Crippen molar-refractivity contribution in [1.82, 2.24) is 19.8 Å². The minimum absolute atomic E-state index is 0. The van der Waals surface area contributed by atoms with Crippen LogP contribution in [0.4, 0.5) is 0 Å². The van der Waals surface area contributed by atoms with Crippen molar-refractivity contribution in [2.24, 2.45) is 4.99 Å². The van der Waals surface area contributed by atoms with E-state index in [0.717, 1.165) is 43.2 Å². The lowest BCUT2D eigenvalue weighted by atomic mass is 10.1. The first-order chi connectivity index (χ1) is 13.6. The van der Waals surface area contributed by atoms with Gasteiger partial charge in [0.05, 0.1) is 6.54 Å². The molecule has 0 atom stereocenters. The molecule has 0 unspecified atom stereocenters. The van der Waals surface area contributed by atoms with Gasteiger partial charge < -0.3 is 15.5 Å². The van der Waals surface area contributed by atoms with Crippen LogP contribution in [0.3, 0.4) is 0 Å². The molecule has 7 nitrogen and oxygen atoms in total. The highest BCUT2D eigenvalue weighted by molar-refractivity contribution is 14.0. The van der Waals surface area contributed by atoms with Crippen LogP contribution in [-0.2, 0) is 16.6 Å². The Morgan fingerprint density at radius 3 is 2.34 bits per heavy atom. The van der Waals surface area contributed by atoms with Crippen molar-refractivity contribution in [2.45, 2.75) is 49.3 Å². The number of rotatable bonds is 7. The highest BCUT2D eigenvalue weighted by Gasteiger charge is 2.27. The number of aliphatic imine (C=N–C) groups is 1. The predicted molar refractivity (Wildman–Crippen MR) is 131 cm³/mol. The fourth-order valence-electron chi connectivity index (χ4n) is 3.73. The summed E-state index contributed by atoms with van der Waals surface area (Å²) in [4.78, 5) is 7.75. The molecule has 0 spiro atoms. The normalized spacial score (nSPS) is 19.6. The van der Waals surface area contributed by atoms with Gasteiger partial charge in [-0.15, -0.1) is 35.3 Å². The van der Waals surface area contributed by atoms with Crippen LogP contribution in [0.5, 0.6) is 0 Å². The van der Waals surface area contributed by atoms with E-state index < -0.39 is 10.0 Å². The van der Waals surface area contributed by atoms with Crippen molar-refractivity contribution in [2.75, 3.05) is 46.3 Å². The molecule has 1 aromatic heterocycles. The number of nitrogens with one attached hydrogen (secondary N) is 2. The molecule has 0 aromatic carbocycles. The fourth-order valence-corrected chi connectivity index (χ4v) is 6.70. The Kier molecular flexibility index (Phi) is 10.6. The summed E-state index contributed by atoms with van der Waals surface area (Å²) >= 11 is 1.35. The van der Waals surface area contributed by atoms with Crippen LogP contribution in [-0.4, -0.2) is 69.9 Å². The molecule has 2 N–H and O–H groups in total. The van der Waals surface area contributed by atoms with Crippen LogP contribution >= 0.6 is 35.3 Å². The van der Waals surface area contributed by atoms with E-state index in [2.05, 4.69) is 20.5 Å². The average molecular weight is 556 g/mol. The highest BCUT2D eigenvalue weighted by Crippen LogP contribution is 2.27. The van der Waals surface area contributed by atoms with Gasteiger partial charge in [-0.25, -0.2) is 8.42 Å². The minimum Gasteiger partial charge on any atom is -0.355 e. The molecule has 2 fully saturated rings. The predicted octanol–water partition coefficient (Wildman–Crippen LogP) is 2.69. The number of piperidine rings is 2. The van der Waals surface area contributed by atoms with Crippen LogP contribution in [0, 0.1) is 0 Å². The van der Waals surface area contributed by atoms with Crippen molar-refractivity contribution in [1.29, 1.82) is 0 Å². The first-order valence-corrected chi connectivity index (χ1v) is 12.6. The summed E-state index contributed by atoms with van der Waals surface area (Å²) in [6.45, 7) is 6.12. The summed E-state index contributed by atoms with van der Waals surface area (Å²) in [5.74, 6) is 0.755. The van der Waals surface area contributed by atoms with Gasteiger partial charge in [-0.1, -0.05) is 12.8 Å². The van der Waals surface area contributed by atoms with Crippen molar-refractivity contribution in [3.8, 4) is 0 Å². The molecular formula is C19H34IN5O2S2. The van der Waals surface area contributed by atoms with Gasteiger partial charge in [-0.05, 0) is 50.9 Å². The number of likely N-dealkylation sites (tertiary alicyclic amines) is 1. The maximum absolute atomic E-state index is 12.8. The lowest BCUT2D eigenvalue weighted by Crippen LogP contribution is -2.42. The third-order valence-electron chi connectivity index (χ3n) is 5.37. The molecule has 0 bridgehead atoms. The molecular weight excluding hydrogens is 521 g/mol. The molecule has 3 heterocycles. The Morgan fingerprint density at radius 1 is 1.03 bits per heavy atom. The van der Waals surface area contributed by atoms with Gasteiger partial charge in [0.25, 0.3) is 10.0 Å². The number of halogens is 1. The van der Waals surface area contributed by atoms with E-state index in [1.807, 2.05) is 6.07 Å². The minimum atomic E-state index is -3.34. The second kappa shape index (κ2) is 12.4. The van der Waals surface area contributed by atoms with Crippen LogP contribution in [0.1, 0.15) is 43.4 Å². The first-order valence-electron chi connectivity index (χ1n) is 10.4. The molecule has 166 valence electrons. The van der Waals surface area contributed by atoms with E-state index in [9.17, 15) is 8.42 Å². The zero-order valence-electron chi connectivity index (χ0n) is 17.2. The first kappa shape index (κ1) is 24.8.